The second-order valence-corrected chi connectivity index (χ2v) is 3.92. The van der Waals surface area contributed by atoms with E-state index in [0.717, 1.165) is 11.3 Å². The number of pyridine rings is 1. The number of aromatic nitrogens is 2. The Balaban J connectivity index is 2.26. The third kappa shape index (κ3) is 1.39. The van der Waals surface area contributed by atoms with Gasteiger partial charge in [-0.15, -0.1) is 0 Å². The van der Waals surface area contributed by atoms with Gasteiger partial charge in [-0.25, -0.2) is 4.98 Å². The third-order valence-electron chi connectivity index (χ3n) is 2.76. The molecule has 1 aromatic carbocycles. The number of rotatable bonds is 1. The summed E-state index contributed by atoms with van der Waals surface area (Å²) in [7, 11) is 0. The highest BCUT2D eigenvalue weighted by molar-refractivity contribution is 5.93. The van der Waals surface area contributed by atoms with Crippen molar-refractivity contribution < 1.29 is 0 Å². The van der Waals surface area contributed by atoms with Gasteiger partial charge in [0, 0.05) is 22.8 Å². The average molecular weight is 208 g/mol. The number of nitrogens with one attached hydrogen (secondary N) is 1. The molecule has 0 saturated carbocycles. The second-order valence-electron chi connectivity index (χ2n) is 3.92. The Morgan fingerprint density at radius 2 is 1.81 bits per heavy atom. The van der Waals surface area contributed by atoms with Gasteiger partial charge in [-0.05, 0) is 24.6 Å². The Labute approximate surface area is 94.0 Å². The highest BCUT2D eigenvalue weighted by Crippen LogP contribution is 2.27. The van der Waals surface area contributed by atoms with E-state index < -0.39 is 0 Å². The van der Waals surface area contributed by atoms with Gasteiger partial charge in [0.1, 0.15) is 5.65 Å². The minimum Gasteiger partial charge on any atom is -0.346 e. The molecule has 2 nitrogen and oxygen atoms in total. The highest BCUT2D eigenvalue weighted by atomic mass is 14.8. The van der Waals surface area contributed by atoms with Crippen LogP contribution in [0.1, 0.15) is 5.69 Å². The van der Waals surface area contributed by atoms with Gasteiger partial charge in [0.25, 0.3) is 0 Å². The molecule has 0 aliphatic heterocycles. The summed E-state index contributed by atoms with van der Waals surface area (Å²) in [6, 6.07) is 14.5. The fraction of sp³-hybridized carbons (Fsp3) is 0.0714. The molecule has 78 valence electrons. The van der Waals surface area contributed by atoms with Crippen LogP contribution in [0, 0.1) is 6.92 Å². The summed E-state index contributed by atoms with van der Waals surface area (Å²) in [5.41, 5.74) is 4.43. The zero-order valence-electron chi connectivity index (χ0n) is 9.07. The van der Waals surface area contributed by atoms with Crippen molar-refractivity contribution in [3.63, 3.8) is 0 Å². The van der Waals surface area contributed by atoms with Crippen LogP contribution in [-0.4, -0.2) is 9.97 Å². The quantitative estimate of drug-likeness (QED) is 0.651. The molecule has 1 N–H and O–H groups in total. The monoisotopic (exact) mass is 208 g/mol. The largest absolute Gasteiger partial charge is 0.346 e. The molecule has 3 aromatic rings. The smallest absolute Gasteiger partial charge is 0.138 e. The predicted octanol–water partition coefficient (Wildman–Crippen LogP) is 3.54. The van der Waals surface area contributed by atoms with Gasteiger partial charge in [-0.1, -0.05) is 30.3 Å². The normalized spacial score (nSPS) is 10.8. The van der Waals surface area contributed by atoms with E-state index in [1.54, 1.807) is 0 Å². The Morgan fingerprint density at radius 1 is 1.00 bits per heavy atom. The van der Waals surface area contributed by atoms with Crippen LogP contribution in [0.15, 0.2) is 48.7 Å². The first kappa shape index (κ1) is 9.16. The van der Waals surface area contributed by atoms with E-state index in [2.05, 4.69) is 40.3 Å². The molecule has 0 bridgehead atoms. The molecule has 2 aromatic heterocycles. The number of aryl methyl sites for hydroxylation is 1. The summed E-state index contributed by atoms with van der Waals surface area (Å²) in [5, 5.41) is 1.18. The van der Waals surface area contributed by atoms with Crippen LogP contribution in [0.3, 0.4) is 0 Å². The van der Waals surface area contributed by atoms with E-state index >= 15 is 0 Å². The maximum atomic E-state index is 4.47. The molecular weight excluding hydrogens is 196 g/mol. The first-order valence-electron chi connectivity index (χ1n) is 5.35. The van der Waals surface area contributed by atoms with Crippen LogP contribution in [0.4, 0.5) is 0 Å². The van der Waals surface area contributed by atoms with Gasteiger partial charge in [0.15, 0.2) is 0 Å². The number of benzene rings is 1. The number of aromatic amines is 1. The van der Waals surface area contributed by atoms with E-state index in [0.29, 0.717) is 0 Å². The Bertz CT molecular complexity index is 624. The van der Waals surface area contributed by atoms with Crippen molar-refractivity contribution in [2.75, 3.05) is 0 Å². The summed E-state index contributed by atoms with van der Waals surface area (Å²) in [6.45, 7) is 2.00. The summed E-state index contributed by atoms with van der Waals surface area (Å²) in [4.78, 5) is 7.68. The number of nitrogens with zero attached hydrogens (tertiary/aromatic N) is 1. The fourth-order valence-corrected chi connectivity index (χ4v) is 1.96. The molecule has 3 rings (SSSR count). The van der Waals surface area contributed by atoms with Crippen LogP contribution >= 0.6 is 0 Å². The number of hydrogen-bond acceptors (Lipinski definition) is 1. The SMILES string of the molecule is Cc1ccc2c(-c3ccccc3)c[nH]c2n1. The van der Waals surface area contributed by atoms with E-state index in [4.69, 9.17) is 0 Å². The molecule has 0 fully saturated rings. The topological polar surface area (TPSA) is 28.7 Å². The zero-order valence-corrected chi connectivity index (χ0v) is 9.07. The molecule has 0 unspecified atom stereocenters. The average Bonchev–Trinajstić information content (AvgIpc) is 2.73. The third-order valence-corrected chi connectivity index (χ3v) is 2.76. The Morgan fingerprint density at radius 3 is 2.62 bits per heavy atom. The highest BCUT2D eigenvalue weighted by Gasteiger charge is 2.05. The van der Waals surface area contributed by atoms with Crippen molar-refractivity contribution >= 4 is 11.0 Å². The maximum absolute atomic E-state index is 4.47. The van der Waals surface area contributed by atoms with Crippen molar-refractivity contribution in [3.05, 3.63) is 54.4 Å². The lowest BCUT2D eigenvalue weighted by Crippen LogP contribution is -1.81. The Kier molecular flexibility index (Phi) is 2.00. The molecule has 0 spiro atoms. The second kappa shape index (κ2) is 3.49. The van der Waals surface area contributed by atoms with Crippen molar-refractivity contribution in [1.29, 1.82) is 0 Å². The first-order valence-corrected chi connectivity index (χ1v) is 5.35. The minimum absolute atomic E-state index is 0.957. The summed E-state index contributed by atoms with van der Waals surface area (Å²) >= 11 is 0. The van der Waals surface area contributed by atoms with E-state index in [1.807, 2.05) is 25.3 Å². The molecule has 0 aliphatic rings. The molecule has 0 atom stereocenters. The molecule has 0 radical (unpaired) electrons. The van der Waals surface area contributed by atoms with Crippen molar-refractivity contribution in [2.45, 2.75) is 6.92 Å². The van der Waals surface area contributed by atoms with Crippen molar-refractivity contribution in [2.24, 2.45) is 0 Å². The fourth-order valence-electron chi connectivity index (χ4n) is 1.96. The molecule has 2 heteroatoms. The van der Waals surface area contributed by atoms with Gasteiger partial charge < -0.3 is 4.98 Å². The van der Waals surface area contributed by atoms with Crippen molar-refractivity contribution in [1.82, 2.24) is 9.97 Å². The molecule has 0 amide bonds. The summed E-state index contributed by atoms with van der Waals surface area (Å²) in [6.07, 6.45) is 2.02. The lowest BCUT2D eigenvalue weighted by Gasteiger charge is -1.98. The maximum Gasteiger partial charge on any atom is 0.138 e. The molecule has 0 aliphatic carbocycles. The van der Waals surface area contributed by atoms with Crippen LogP contribution in [0.25, 0.3) is 22.2 Å². The van der Waals surface area contributed by atoms with Gasteiger partial charge in [-0.2, -0.15) is 0 Å². The van der Waals surface area contributed by atoms with Crippen LogP contribution < -0.4 is 0 Å². The molecule has 0 saturated heterocycles. The standard InChI is InChI=1S/C14H12N2/c1-10-7-8-12-13(9-15-14(12)16-10)11-5-3-2-4-6-11/h2-9H,1H3,(H,15,16). The number of hydrogen-bond donors (Lipinski definition) is 1. The number of H-pyrrole nitrogens is 1. The van der Waals surface area contributed by atoms with Crippen molar-refractivity contribution in [3.8, 4) is 11.1 Å². The minimum atomic E-state index is 0.957. The van der Waals surface area contributed by atoms with Crippen LogP contribution in [0.5, 0.6) is 0 Å². The number of fused-ring (bicyclic) bond motifs is 1. The van der Waals surface area contributed by atoms with E-state index in [9.17, 15) is 0 Å². The molecule has 16 heavy (non-hydrogen) atoms. The predicted molar refractivity (Wildman–Crippen MR) is 66.3 cm³/mol. The summed E-state index contributed by atoms with van der Waals surface area (Å²) < 4.78 is 0. The first-order chi connectivity index (χ1) is 7.84. The molecule has 2 heterocycles. The van der Waals surface area contributed by atoms with Gasteiger partial charge in [-0.3, -0.25) is 0 Å². The van der Waals surface area contributed by atoms with Gasteiger partial charge in [0.2, 0.25) is 0 Å². The van der Waals surface area contributed by atoms with E-state index in [-0.39, 0.29) is 0 Å². The lowest BCUT2D eigenvalue weighted by atomic mass is 10.1. The molecular formula is C14H12N2. The Hall–Kier alpha value is -2.09. The summed E-state index contributed by atoms with van der Waals surface area (Å²) in [5.74, 6) is 0. The van der Waals surface area contributed by atoms with Crippen LogP contribution in [0.2, 0.25) is 0 Å². The van der Waals surface area contributed by atoms with Gasteiger partial charge >= 0.3 is 0 Å². The van der Waals surface area contributed by atoms with Crippen LogP contribution in [-0.2, 0) is 0 Å². The van der Waals surface area contributed by atoms with Gasteiger partial charge in [0.05, 0.1) is 0 Å². The lowest BCUT2D eigenvalue weighted by molar-refractivity contribution is 1.22. The van der Waals surface area contributed by atoms with E-state index in [1.165, 1.54) is 16.5 Å². The zero-order chi connectivity index (χ0) is 11.0.